The molecule has 0 unspecified atom stereocenters. The SMILES string of the molecule is COc1ccc2c(NC3CCN(/C=C/c4ccccc4)CC3)cc(=O)oc2c1. The minimum absolute atomic E-state index is 0.327. The highest BCUT2D eigenvalue weighted by Gasteiger charge is 2.18. The Balaban J connectivity index is 1.42. The van der Waals surface area contributed by atoms with Gasteiger partial charge in [0.1, 0.15) is 11.3 Å². The summed E-state index contributed by atoms with van der Waals surface area (Å²) in [7, 11) is 1.60. The van der Waals surface area contributed by atoms with E-state index in [1.807, 2.05) is 30.3 Å². The van der Waals surface area contributed by atoms with E-state index >= 15 is 0 Å². The Kier molecular flexibility index (Phi) is 5.33. The first-order valence-corrected chi connectivity index (χ1v) is 9.57. The van der Waals surface area contributed by atoms with Gasteiger partial charge in [-0.2, -0.15) is 0 Å². The number of likely N-dealkylation sites (tertiary alicyclic amines) is 1. The van der Waals surface area contributed by atoms with Crippen LogP contribution in [-0.4, -0.2) is 31.1 Å². The number of benzene rings is 2. The topological polar surface area (TPSA) is 54.7 Å². The number of rotatable bonds is 5. The molecule has 0 aliphatic carbocycles. The first-order chi connectivity index (χ1) is 13.7. The summed E-state index contributed by atoms with van der Waals surface area (Å²) >= 11 is 0. The number of hydrogen-bond acceptors (Lipinski definition) is 5. The highest BCUT2D eigenvalue weighted by molar-refractivity contribution is 5.90. The van der Waals surface area contributed by atoms with E-state index in [0.717, 1.165) is 37.0 Å². The predicted molar refractivity (Wildman–Crippen MR) is 113 cm³/mol. The maximum absolute atomic E-state index is 12.0. The quantitative estimate of drug-likeness (QED) is 0.671. The van der Waals surface area contributed by atoms with Crippen molar-refractivity contribution in [3.8, 4) is 5.75 Å². The third kappa shape index (κ3) is 4.19. The van der Waals surface area contributed by atoms with Gasteiger partial charge in [0.2, 0.25) is 0 Å². The minimum atomic E-state index is -0.355. The van der Waals surface area contributed by atoms with Crippen molar-refractivity contribution >= 4 is 22.7 Å². The summed E-state index contributed by atoms with van der Waals surface area (Å²) in [6.07, 6.45) is 6.34. The van der Waals surface area contributed by atoms with Crippen LogP contribution in [0.2, 0.25) is 0 Å². The normalized spacial score (nSPS) is 15.2. The second kappa shape index (κ2) is 8.21. The molecule has 1 saturated heterocycles. The van der Waals surface area contributed by atoms with E-state index < -0.39 is 0 Å². The summed E-state index contributed by atoms with van der Waals surface area (Å²) < 4.78 is 10.6. The standard InChI is InChI=1S/C23H24N2O3/c1-27-19-7-8-20-21(16-23(26)28-22(20)15-19)24-18-10-13-25(14-11-18)12-9-17-5-3-2-4-6-17/h2-9,12,15-16,18,24H,10-11,13-14H2,1H3/b12-9+. The molecule has 2 aromatic carbocycles. The predicted octanol–water partition coefficient (Wildman–Crippen LogP) is 4.35. The number of nitrogens with zero attached hydrogens (tertiary/aromatic N) is 1. The maximum Gasteiger partial charge on any atom is 0.338 e. The van der Waals surface area contributed by atoms with Crippen LogP contribution in [0, 0.1) is 0 Å². The first-order valence-electron chi connectivity index (χ1n) is 9.57. The molecule has 2 heterocycles. The zero-order chi connectivity index (χ0) is 19.3. The van der Waals surface area contributed by atoms with E-state index in [-0.39, 0.29) is 5.63 Å². The van der Waals surface area contributed by atoms with Crippen molar-refractivity contribution in [2.75, 3.05) is 25.5 Å². The van der Waals surface area contributed by atoms with Crippen molar-refractivity contribution in [1.82, 2.24) is 4.90 Å². The third-order valence-electron chi connectivity index (χ3n) is 5.12. The molecule has 0 spiro atoms. The molecule has 4 rings (SSSR count). The molecule has 144 valence electrons. The zero-order valence-corrected chi connectivity index (χ0v) is 15.9. The highest BCUT2D eigenvalue weighted by atomic mass is 16.5. The number of hydrogen-bond donors (Lipinski definition) is 1. The van der Waals surface area contributed by atoms with Gasteiger partial charge in [0.25, 0.3) is 0 Å². The van der Waals surface area contributed by atoms with E-state index in [9.17, 15) is 4.79 Å². The molecular weight excluding hydrogens is 352 g/mol. The van der Waals surface area contributed by atoms with Gasteiger partial charge < -0.3 is 19.4 Å². The highest BCUT2D eigenvalue weighted by Crippen LogP contribution is 2.27. The molecule has 5 nitrogen and oxygen atoms in total. The van der Waals surface area contributed by atoms with Crippen LogP contribution < -0.4 is 15.7 Å². The maximum atomic E-state index is 12.0. The Labute approximate surface area is 164 Å². The van der Waals surface area contributed by atoms with Crippen molar-refractivity contribution in [2.24, 2.45) is 0 Å². The fourth-order valence-electron chi connectivity index (χ4n) is 3.56. The molecule has 1 fully saturated rings. The number of fused-ring (bicyclic) bond motifs is 1. The lowest BCUT2D eigenvalue weighted by molar-refractivity contribution is 0.295. The van der Waals surface area contributed by atoms with E-state index in [4.69, 9.17) is 9.15 Å². The van der Waals surface area contributed by atoms with Crippen LogP contribution in [-0.2, 0) is 0 Å². The monoisotopic (exact) mass is 376 g/mol. The van der Waals surface area contributed by atoms with Crippen molar-refractivity contribution in [3.05, 3.63) is 76.8 Å². The van der Waals surface area contributed by atoms with E-state index in [0.29, 0.717) is 17.4 Å². The molecule has 3 aromatic rings. The summed E-state index contributed by atoms with van der Waals surface area (Å²) in [5.74, 6) is 0.673. The number of piperidine rings is 1. The van der Waals surface area contributed by atoms with Gasteiger partial charge in [-0.25, -0.2) is 4.79 Å². The first kappa shape index (κ1) is 18.2. The van der Waals surface area contributed by atoms with Gasteiger partial charge in [0.15, 0.2) is 0 Å². The largest absolute Gasteiger partial charge is 0.497 e. The van der Waals surface area contributed by atoms with Crippen molar-refractivity contribution in [2.45, 2.75) is 18.9 Å². The van der Waals surface area contributed by atoms with E-state index in [2.05, 4.69) is 34.6 Å². The van der Waals surface area contributed by atoms with Crippen LogP contribution in [0.3, 0.4) is 0 Å². The molecule has 1 aromatic heterocycles. The Morgan fingerprint density at radius 3 is 2.64 bits per heavy atom. The van der Waals surface area contributed by atoms with Crippen LogP contribution in [0.15, 0.2) is 70.0 Å². The van der Waals surface area contributed by atoms with Gasteiger partial charge in [0, 0.05) is 36.7 Å². The van der Waals surface area contributed by atoms with E-state index in [1.165, 1.54) is 11.6 Å². The van der Waals surface area contributed by atoms with Crippen LogP contribution in [0.4, 0.5) is 5.69 Å². The lowest BCUT2D eigenvalue weighted by Crippen LogP contribution is -2.36. The Morgan fingerprint density at radius 2 is 1.89 bits per heavy atom. The molecular formula is C23H24N2O3. The molecule has 1 N–H and O–H groups in total. The molecule has 5 heteroatoms. The molecule has 28 heavy (non-hydrogen) atoms. The summed E-state index contributed by atoms with van der Waals surface area (Å²) in [6.45, 7) is 1.96. The molecule has 1 aliphatic heterocycles. The van der Waals surface area contributed by atoms with Crippen LogP contribution in [0.1, 0.15) is 18.4 Å². The Hall–Kier alpha value is -3.21. The number of anilines is 1. The number of ether oxygens (including phenoxy) is 1. The summed E-state index contributed by atoms with van der Waals surface area (Å²) in [5, 5.41) is 4.44. The number of nitrogens with one attached hydrogen (secondary N) is 1. The number of methoxy groups -OCH3 is 1. The van der Waals surface area contributed by atoms with Crippen LogP contribution >= 0.6 is 0 Å². The van der Waals surface area contributed by atoms with Crippen LogP contribution in [0.5, 0.6) is 5.75 Å². The second-order valence-electron chi connectivity index (χ2n) is 7.02. The fraction of sp³-hybridized carbons (Fsp3) is 0.261. The molecule has 1 aliphatic rings. The third-order valence-corrected chi connectivity index (χ3v) is 5.12. The molecule has 0 radical (unpaired) electrons. The summed E-state index contributed by atoms with van der Waals surface area (Å²) in [5.41, 5.74) is 2.22. The molecule has 0 bridgehead atoms. The molecule has 0 amide bonds. The van der Waals surface area contributed by atoms with Gasteiger partial charge in [-0.05, 0) is 42.8 Å². The van der Waals surface area contributed by atoms with E-state index in [1.54, 1.807) is 13.2 Å². The summed E-state index contributed by atoms with van der Waals surface area (Å²) in [6, 6.07) is 17.7. The van der Waals surface area contributed by atoms with Crippen molar-refractivity contribution < 1.29 is 9.15 Å². The lowest BCUT2D eigenvalue weighted by Gasteiger charge is -2.32. The zero-order valence-electron chi connectivity index (χ0n) is 15.9. The lowest BCUT2D eigenvalue weighted by atomic mass is 10.0. The fourth-order valence-corrected chi connectivity index (χ4v) is 3.56. The Morgan fingerprint density at radius 1 is 1.11 bits per heavy atom. The minimum Gasteiger partial charge on any atom is -0.497 e. The van der Waals surface area contributed by atoms with Crippen molar-refractivity contribution in [3.63, 3.8) is 0 Å². The van der Waals surface area contributed by atoms with Gasteiger partial charge in [0.05, 0.1) is 12.8 Å². The average Bonchev–Trinajstić information content (AvgIpc) is 2.73. The van der Waals surface area contributed by atoms with Gasteiger partial charge in [-0.1, -0.05) is 30.3 Å². The smallest absolute Gasteiger partial charge is 0.338 e. The molecule has 0 atom stereocenters. The average molecular weight is 376 g/mol. The van der Waals surface area contributed by atoms with Gasteiger partial charge >= 0.3 is 5.63 Å². The summed E-state index contributed by atoms with van der Waals surface area (Å²) in [4.78, 5) is 14.3. The Bertz CT molecular complexity index is 1020. The van der Waals surface area contributed by atoms with Gasteiger partial charge in [-0.15, -0.1) is 0 Å². The van der Waals surface area contributed by atoms with Crippen molar-refractivity contribution in [1.29, 1.82) is 0 Å². The molecule has 0 saturated carbocycles. The second-order valence-corrected chi connectivity index (χ2v) is 7.02. The van der Waals surface area contributed by atoms with Crippen LogP contribution in [0.25, 0.3) is 17.0 Å². The van der Waals surface area contributed by atoms with Gasteiger partial charge in [-0.3, -0.25) is 0 Å².